The summed E-state index contributed by atoms with van der Waals surface area (Å²) in [5.74, 6) is 0.000809. The molecule has 4 N–H and O–H groups in total. The lowest BCUT2D eigenvalue weighted by atomic mass is 9.76. The second kappa shape index (κ2) is 10.7. The van der Waals surface area contributed by atoms with Crippen molar-refractivity contribution < 1.29 is 14.4 Å². The lowest BCUT2D eigenvalue weighted by molar-refractivity contribution is -0.135. The maximum absolute atomic E-state index is 13.0. The molecule has 3 amide bonds. The molecular weight excluding hydrogens is 342 g/mol. The summed E-state index contributed by atoms with van der Waals surface area (Å²) in [6.07, 6.45) is 2.83. The third-order valence-electron chi connectivity index (χ3n) is 5.21. The van der Waals surface area contributed by atoms with Gasteiger partial charge in [-0.1, -0.05) is 61.8 Å². The van der Waals surface area contributed by atoms with Crippen molar-refractivity contribution in [3.63, 3.8) is 0 Å². The highest BCUT2D eigenvalue weighted by Crippen LogP contribution is 2.32. The molecule has 0 rings (SSSR count). The van der Waals surface area contributed by atoms with E-state index < -0.39 is 17.5 Å². The van der Waals surface area contributed by atoms with Crippen molar-refractivity contribution in [3.8, 4) is 0 Å². The normalized spacial score (nSPS) is 14.6. The highest BCUT2D eigenvalue weighted by atomic mass is 16.2. The van der Waals surface area contributed by atoms with E-state index in [1.54, 1.807) is 0 Å². The van der Waals surface area contributed by atoms with E-state index in [0.29, 0.717) is 19.4 Å². The van der Waals surface area contributed by atoms with E-state index in [9.17, 15) is 14.4 Å². The molecule has 0 aromatic carbocycles. The largest absolute Gasteiger partial charge is 0.352 e. The second-order valence-corrected chi connectivity index (χ2v) is 9.68. The van der Waals surface area contributed by atoms with Crippen molar-refractivity contribution in [3.05, 3.63) is 0 Å². The van der Waals surface area contributed by atoms with Crippen molar-refractivity contribution in [1.29, 1.82) is 0 Å². The lowest BCUT2D eigenvalue weighted by Gasteiger charge is -2.32. The standard InChI is InChI=1S/C21H41N3O3/c1-9-21(7,8)13-15(14(2)3)18(26)24-16(17(25)20(4,5)6)11-10-12-23-19(22)27/h14-16H,9-13H2,1-8H3,(H,24,26)(H3,22,23,27). The van der Waals surface area contributed by atoms with E-state index >= 15 is 0 Å². The molecule has 0 saturated heterocycles. The minimum atomic E-state index is -0.584. The number of hydrogen-bond acceptors (Lipinski definition) is 3. The SMILES string of the molecule is CCC(C)(C)CC(C(=O)NC(CCCNC(N)=O)C(=O)C(C)(C)C)C(C)C. The number of rotatable bonds is 11. The number of ketones is 1. The minimum absolute atomic E-state index is 0.00665. The Morgan fingerprint density at radius 3 is 2.00 bits per heavy atom. The zero-order chi connectivity index (χ0) is 21.4. The van der Waals surface area contributed by atoms with Gasteiger partial charge in [-0.25, -0.2) is 4.79 Å². The number of carbonyl (C=O) groups excluding carboxylic acids is 3. The average molecular weight is 384 g/mol. The smallest absolute Gasteiger partial charge is 0.312 e. The molecule has 6 nitrogen and oxygen atoms in total. The van der Waals surface area contributed by atoms with E-state index in [-0.39, 0.29) is 28.9 Å². The van der Waals surface area contributed by atoms with Gasteiger partial charge in [0.2, 0.25) is 5.91 Å². The third-order valence-corrected chi connectivity index (χ3v) is 5.21. The molecule has 0 aromatic heterocycles. The number of hydrogen-bond donors (Lipinski definition) is 3. The van der Waals surface area contributed by atoms with Gasteiger partial charge < -0.3 is 16.4 Å². The Bertz CT molecular complexity index is 507. The fourth-order valence-corrected chi connectivity index (χ4v) is 2.96. The van der Waals surface area contributed by atoms with Crippen molar-refractivity contribution in [1.82, 2.24) is 10.6 Å². The van der Waals surface area contributed by atoms with E-state index in [4.69, 9.17) is 5.73 Å². The van der Waals surface area contributed by atoms with Gasteiger partial charge in [0.25, 0.3) is 0 Å². The monoisotopic (exact) mass is 383 g/mol. The number of nitrogens with one attached hydrogen (secondary N) is 2. The van der Waals surface area contributed by atoms with Gasteiger partial charge in [-0.15, -0.1) is 0 Å². The molecule has 2 unspecified atom stereocenters. The van der Waals surface area contributed by atoms with Gasteiger partial charge in [0.05, 0.1) is 6.04 Å². The molecule has 0 aromatic rings. The Balaban J connectivity index is 5.21. The number of primary amides is 1. The van der Waals surface area contributed by atoms with E-state index in [2.05, 4.69) is 31.4 Å². The van der Waals surface area contributed by atoms with Gasteiger partial charge in [-0.3, -0.25) is 9.59 Å². The van der Waals surface area contributed by atoms with Gasteiger partial charge in [0.1, 0.15) is 0 Å². The summed E-state index contributed by atoms with van der Waals surface area (Å²) in [5, 5.41) is 5.53. The maximum Gasteiger partial charge on any atom is 0.312 e. The summed E-state index contributed by atoms with van der Waals surface area (Å²) in [5.41, 5.74) is 4.60. The molecule has 0 heterocycles. The third kappa shape index (κ3) is 9.78. The molecule has 0 spiro atoms. The Morgan fingerprint density at radius 1 is 1.04 bits per heavy atom. The first-order valence-corrected chi connectivity index (χ1v) is 10.1. The number of amides is 3. The molecule has 0 aliphatic carbocycles. The van der Waals surface area contributed by atoms with Crippen LogP contribution >= 0.6 is 0 Å². The van der Waals surface area contributed by atoms with Crippen molar-refractivity contribution in [2.24, 2.45) is 28.4 Å². The highest BCUT2D eigenvalue weighted by molar-refractivity contribution is 5.92. The maximum atomic E-state index is 13.0. The van der Waals surface area contributed by atoms with Crippen molar-refractivity contribution >= 4 is 17.7 Å². The number of urea groups is 1. The van der Waals surface area contributed by atoms with Crippen LogP contribution in [0.1, 0.15) is 81.1 Å². The molecule has 27 heavy (non-hydrogen) atoms. The topological polar surface area (TPSA) is 101 Å². The first-order valence-electron chi connectivity index (χ1n) is 10.1. The molecule has 0 radical (unpaired) electrons. The van der Waals surface area contributed by atoms with Crippen LogP contribution in [-0.4, -0.2) is 30.3 Å². The molecular formula is C21H41N3O3. The second-order valence-electron chi connectivity index (χ2n) is 9.68. The molecule has 2 atom stereocenters. The lowest BCUT2D eigenvalue weighted by Crippen LogP contribution is -2.49. The van der Waals surface area contributed by atoms with Gasteiger partial charge >= 0.3 is 6.03 Å². The van der Waals surface area contributed by atoms with E-state index in [0.717, 1.165) is 12.8 Å². The van der Waals surface area contributed by atoms with Crippen LogP contribution in [0.3, 0.4) is 0 Å². The van der Waals surface area contributed by atoms with Crippen LogP contribution in [0.25, 0.3) is 0 Å². The van der Waals surface area contributed by atoms with Gasteiger partial charge in [-0.05, 0) is 30.6 Å². The Hall–Kier alpha value is -1.59. The summed E-state index contributed by atoms with van der Waals surface area (Å²) in [6, 6.07) is -1.14. The van der Waals surface area contributed by atoms with E-state index in [1.807, 2.05) is 34.6 Å². The Labute approximate surface area is 165 Å². The predicted molar refractivity (Wildman–Crippen MR) is 110 cm³/mol. The van der Waals surface area contributed by atoms with Crippen LogP contribution in [0, 0.1) is 22.7 Å². The summed E-state index contributed by atoms with van der Waals surface area (Å²) >= 11 is 0. The first-order chi connectivity index (χ1) is 12.2. The molecule has 0 aliphatic rings. The van der Waals surface area contributed by atoms with Crippen LogP contribution in [0.5, 0.6) is 0 Å². The zero-order valence-corrected chi connectivity index (χ0v) is 18.6. The van der Waals surface area contributed by atoms with Gasteiger partial charge in [0.15, 0.2) is 5.78 Å². The summed E-state index contributed by atoms with van der Waals surface area (Å²) in [6.45, 7) is 16.5. The Kier molecular flexibility index (Phi) is 10.0. The minimum Gasteiger partial charge on any atom is -0.352 e. The fraction of sp³-hybridized carbons (Fsp3) is 0.857. The molecule has 158 valence electrons. The van der Waals surface area contributed by atoms with Gasteiger partial charge in [0, 0.05) is 17.9 Å². The Morgan fingerprint density at radius 2 is 1.59 bits per heavy atom. The van der Waals surface area contributed by atoms with Crippen LogP contribution in [0.15, 0.2) is 0 Å². The fourth-order valence-electron chi connectivity index (χ4n) is 2.96. The van der Waals surface area contributed by atoms with Crippen LogP contribution < -0.4 is 16.4 Å². The highest BCUT2D eigenvalue weighted by Gasteiger charge is 2.34. The average Bonchev–Trinajstić information content (AvgIpc) is 2.53. The predicted octanol–water partition coefficient (Wildman–Crippen LogP) is 3.63. The summed E-state index contributed by atoms with van der Waals surface area (Å²) in [4.78, 5) is 36.7. The zero-order valence-electron chi connectivity index (χ0n) is 18.6. The van der Waals surface area contributed by atoms with Gasteiger partial charge in [-0.2, -0.15) is 0 Å². The van der Waals surface area contributed by atoms with Crippen molar-refractivity contribution in [2.45, 2.75) is 87.1 Å². The number of nitrogens with two attached hydrogens (primary N) is 1. The number of carbonyl (C=O) groups is 3. The van der Waals surface area contributed by atoms with Crippen LogP contribution in [0.4, 0.5) is 4.79 Å². The summed E-state index contributed by atoms with van der Waals surface area (Å²) in [7, 11) is 0. The van der Waals surface area contributed by atoms with Crippen LogP contribution in [0.2, 0.25) is 0 Å². The van der Waals surface area contributed by atoms with Crippen LogP contribution in [-0.2, 0) is 9.59 Å². The molecule has 0 saturated carbocycles. The molecule has 0 fully saturated rings. The summed E-state index contributed by atoms with van der Waals surface area (Å²) < 4.78 is 0. The van der Waals surface area contributed by atoms with Crippen molar-refractivity contribution in [2.75, 3.05) is 6.54 Å². The molecule has 0 bridgehead atoms. The number of Topliss-reactive ketones (excluding diaryl/α,β-unsaturated/α-hetero) is 1. The molecule has 6 heteroatoms. The molecule has 0 aliphatic heterocycles. The quantitative estimate of drug-likeness (QED) is 0.475. The first kappa shape index (κ1) is 25.4. The van der Waals surface area contributed by atoms with E-state index in [1.165, 1.54) is 0 Å².